The van der Waals surface area contributed by atoms with Crippen LogP contribution < -0.4 is 0 Å². The van der Waals surface area contributed by atoms with E-state index >= 15 is 0 Å². The second kappa shape index (κ2) is 7.07. The van der Waals surface area contributed by atoms with Crippen LogP contribution in [0.4, 0.5) is 13.2 Å². The van der Waals surface area contributed by atoms with E-state index in [9.17, 15) is 22.8 Å². The third kappa shape index (κ3) is 3.77. The SMILES string of the molecule is O=C(CC/C=C/c1ccccc1)N1CCC(C(=O)O)(C(F)(F)F)C1. The number of benzene rings is 1. The van der Waals surface area contributed by atoms with Crippen LogP contribution in [-0.2, 0) is 9.59 Å². The lowest BCUT2D eigenvalue weighted by atomic mass is 9.86. The van der Waals surface area contributed by atoms with Crippen molar-refractivity contribution in [3.8, 4) is 0 Å². The molecular formula is C17H18F3NO3. The minimum Gasteiger partial charge on any atom is -0.481 e. The second-order valence-corrected chi connectivity index (χ2v) is 5.80. The van der Waals surface area contributed by atoms with Crippen molar-refractivity contribution in [2.75, 3.05) is 13.1 Å². The van der Waals surface area contributed by atoms with E-state index in [1.54, 1.807) is 6.08 Å². The number of allylic oxidation sites excluding steroid dienone is 1. The van der Waals surface area contributed by atoms with Crippen LogP contribution in [0.2, 0.25) is 0 Å². The van der Waals surface area contributed by atoms with Crippen LogP contribution in [0.3, 0.4) is 0 Å². The standard InChI is InChI=1S/C17H18F3NO3/c18-17(19,20)16(15(23)24)10-11-21(12-16)14(22)9-5-4-8-13-6-2-1-3-7-13/h1-4,6-8H,5,9-12H2,(H,23,24)/b8-4+. The first-order valence-corrected chi connectivity index (χ1v) is 7.56. The summed E-state index contributed by atoms with van der Waals surface area (Å²) < 4.78 is 39.2. The molecule has 1 saturated heterocycles. The average molecular weight is 341 g/mol. The van der Waals surface area contributed by atoms with E-state index in [1.165, 1.54) is 0 Å². The largest absolute Gasteiger partial charge is 0.481 e. The van der Waals surface area contributed by atoms with Crippen molar-refractivity contribution in [1.29, 1.82) is 0 Å². The maximum Gasteiger partial charge on any atom is 0.406 e. The number of hydrogen-bond donors (Lipinski definition) is 1. The van der Waals surface area contributed by atoms with E-state index < -0.39 is 36.4 Å². The van der Waals surface area contributed by atoms with Crippen molar-refractivity contribution in [1.82, 2.24) is 4.90 Å². The highest BCUT2D eigenvalue weighted by atomic mass is 19.4. The Bertz CT molecular complexity index is 628. The van der Waals surface area contributed by atoms with Crippen molar-refractivity contribution in [3.63, 3.8) is 0 Å². The quantitative estimate of drug-likeness (QED) is 0.894. The monoisotopic (exact) mass is 341 g/mol. The Balaban J connectivity index is 1.90. The van der Waals surface area contributed by atoms with Crippen molar-refractivity contribution in [2.24, 2.45) is 5.41 Å². The topological polar surface area (TPSA) is 57.6 Å². The van der Waals surface area contributed by atoms with Gasteiger partial charge in [-0.05, 0) is 18.4 Å². The van der Waals surface area contributed by atoms with Crippen LogP contribution in [-0.4, -0.2) is 41.1 Å². The van der Waals surface area contributed by atoms with Crippen LogP contribution >= 0.6 is 0 Å². The summed E-state index contributed by atoms with van der Waals surface area (Å²) in [6, 6.07) is 9.41. The number of carboxylic acid groups (broad SMARTS) is 1. The zero-order valence-electron chi connectivity index (χ0n) is 12.9. The summed E-state index contributed by atoms with van der Waals surface area (Å²) in [5.41, 5.74) is -1.88. The van der Waals surface area contributed by atoms with Gasteiger partial charge in [-0.25, -0.2) is 0 Å². The molecule has 1 aliphatic heterocycles. The van der Waals surface area contributed by atoms with Crippen LogP contribution in [0.25, 0.3) is 6.08 Å². The number of hydrogen-bond acceptors (Lipinski definition) is 2. The molecule has 1 fully saturated rings. The Kier molecular flexibility index (Phi) is 5.31. The molecule has 0 spiro atoms. The van der Waals surface area contributed by atoms with Crippen LogP contribution in [0, 0.1) is 5.41 Å². The Morgan fingerprint density at radius 3 is 2.46 bits per heavy atom. The van der Waals surface area contributed by atoms with Crippen LogP contribution in [0.15, 0.2) is 36.4 Å². The third-order valence-corrected chi connectivity index (χ3v) is 4.21. The normalized spacial score (nSPS) is 21.4. The second-order valence-electron chi connectivity index (χ2n) is 5.80. The fraction of sp³-hybridized carbons (Fsp3) is 0.412. The highest BCUT2D eigenvalue weighted by Crippen LogP contribution is 2.45. The van der Waals surface area contributed by atoms with E-state index in [0.29, 0.717) is 6.42 Å². The summed E-state index contributed by atoms with van der Waals surface area (Å²) in [4.78, 5) is 24.1. The van der Waals surface area contributed by atoms with E-state index in [-0.39, 0.29) is 13.0 Å². The number of likely N-dealkylation sites (tertiary alicyclic amines) is 1. The maximum absolute atomic E-state index is 13.1. The minimum atomic E-state index is -4.87. The number of alkyl halides is 3. The predicted molar refractivity (Wildman–Crippen MR) is 82.0 cm³/mol. The molecule has 4 nitrogen and oxygen atoms in total. The fourth-order valence-corrected chi connectivity index (χ4v) is 2.70. The molecule has 1 atom stereocenters. The molecule has 0 aromatic heterocycles. The van der Waals surface area contributed by atoms with Crippen molar-refractivity contribution in [2.45, 2.75) is 25.4 Å². The van der Waals surface area contributed by atoms with Gasteiger partial charge in [0.1, 0.15) is 0 Å². The zero-order chi connectivity index (χ0) is 17.8. The predicted octanol–water partition coefficient (Wildman–Crippen LogP) is 3.35. The van der Waals surface area contributed by atoms with Gasteiger partial charge in [-0.2, -0.15) is 13.2 Å². The number of carboxylic acids is 1. The summed E-state index contributed by atoms with van der Waals surface area (Å²) in [6.45, 7) is -1.000. The molecule has 1 aromatic rings. The van der Waals surface area contributed by atoms with E-state index in [2.05, 4.69) is 0 Å². The Hall–Kier alpha value is -2.31. The molecule has 1 amide bonds. The van der Waals surface area contributed by atoms with Gasteiger partial charge in [0.15, 0.2) is 5.41 Å². The van der Waals surface area contributed by atoms with Gasteiger partial charge in [0, 0.05) is 19.5 Å². The minimum absolute atomic E-state index is 0.0525. The van der Waals surface area contributed by atoms with Crippen molar-refractivity contribution < 1.29 is 27.9 Å². The maximum atomic E-state index is 13.1. The molecule has 0 radical (unpaired) electrons. The molecule has 0 aliphatic carbocycles. The Labute approximate surface area is 137 Å². The number of carbonyl (C=O) groups is 2. The average Bonchev–Trinajstić information content (AvgIpc) is 2.99. The molecule has 1 aromatic carbocycles. The molecule has 7 heteroatoms. The van der Waals surface area contributed by atoms with Gasteiger partial charge < -0.3 is 10.0 Å². The molecular weight excluding hydrogens is 323 g/mol. The molecule has 0 saturated carbocycles. The van der Waals surface area contributed by atoms with Gasteiger partial charge in [0.05, 0.1) is 0 Å². The number of aliphatic carboxylic acids is 1. The number of amides is 1. The van der Waals surface area contributed by atoms with Crippen LogP contribution in [0.5, 0.6) is 0 Å². The number of rotatable bonds is 5. The first-order valence-electron chi connectivity index (χ1n) is 7.56. The summed E-state index contributed by atoms with van der Waals surface area (Å²) in [6.07, 6.45) is -1.43. The lowest BCUT2D eigenvalue weighted by Crippen LogP contribution is -2.47. The molecule has 130 valence electrons. The van der Waals surface area contributed by atoms with E-state index in [4.69, 9.17) is 5.11 Å². The number of nitrogens with zero attached hydrogens (tertiary/aromatic N) is 1. The summed E-state index contributed by atoms with van der Waals surface area (Å²) >= 11 is 0. The van der Waals surface area contributed by atoms with Gasteiger partial charge >= 0.3 is 12.1 Å². The number of carbonyl (C=O) groups excluding carboxylic acids is 1. The van der Waals surface area contributed by atoms with Crippen molar-refractivity contribution in [3.05, 3.63) is 42.0 Å². The highest BCUT2D eigenvalue weighted by molar-refractivity contribution is 5.81. The highest BCUT2D eigenvalue weighted by Gasteiger charge is 2.64. The van der Waals surface area contributed by atoms with E-state index in [1.807, 2.05) is 36.4 Å². The summed E-state index contributed by atoms with van der Waals surface area (Å²) in [5, 5.41) is 8.97. The molecule has 0 bridgehead atoms. The lowest BCUT2D eigenvalue weighted by molar-refractivity contribution is -0.227. The smallest absolute Gasteiger partial charge is 0.406 e. The third-order valence-electron chi connectivity index (χ3n) is 4.21. The molecule has 2 rings (SSSR count). The Morgan fingerprint density at radius 2 is 1.92 bits per heavy atom. The van der Waals surface area contributed by atoms with Gasteiger partial charge in [-0.15, -0.1) is 0 Å². The first kappa shape index (κ1) is 18.0. The first-order chi connectivity index (χ1) is 11.3. The molecule has 1 N–H and O–H groups in total. The van der Waals surface area contributed by atoms with Gasteiger partial charge in [0.25, 0.3) is 0 Å². The molecule has 1 aliphatic rings. The summed E-state index contributed by atoms with van der Waals surface area (Å²) in [5.74, 6) is -2.38. The number of halogens is 3. The Morgan fingerprint density at radius 1 is 1.25 bits per heavy atom. The van der Waals surface area contributed by atoms with Gasteiger partial charge in [0.2, 0.25) is 5.91 Å². The zero-order valence-corrected chi connectivity index (χ0v) is 12.9. The van der Waals surface area contributed by atoms with Crippen LogP contribution in [0.1, 0.15) is 24.8 Å². The molecule has 1 unspecified atom stereocenters. The van der Waals surface area contributed by atoms with Crippen molar-refractivity contribution >= 4 is 18.0 Å². The molecule has 1 heterocycles. The molecule has 24 heavy (non-hydrogen) atoms. The van der Waals surface area contributed by atoms with E-state index in [0.717, 1.165) is 10.5 Å². The fourth-order valence-electron chi connectivity index (χ4n) is 2.70. The lowest BCUT2D eigenvalue weighted by Gasteiger charge is -2.27. The summed E-state index contributed by atoms with van der Waals surface area (Å²) in [7, 11) is 0. The van der Waals surface area contributed by atoms with Gasteiger partial charge in [-0.1, -0.05) is 42.5 Å². The van der Waals surface area contributed by atoms with Gasteiger partial charge in [-0.3, -0.25) is 9.59 Å².